The highest BCUT2D eigenvalue weighted by Crippen LogP contribution is 2.18. The molecule has 0 spiro atoms. The number of para-hydroxylation sites is 1. The third kappa shape index (κ3) is 4.50. The summed E-state index contributed by atoms with van der Waals surface area (Å²) in [5.74, 6) is 0.530. The lowest BCUT2D eigenvalue weighted by Gasteiger charge is -2.14. The summed E-state index contributed by atoms with van der Waals surface area (Å²) in [4.78, 5) is 12.4. The van der Waals surface area contributed by atoms with Crippen LogP contribution < -0.4 is 10.6 Å². The Labute approximate surface area is 158 Å². The second kappa shape index (κ2) is 8.17. The molecule has 6 heteroatoms. The van der Waals surface area contributed by atoms with Crippen LogP contribution in [0.3, 0.4) is 0 Å². The molecule has 1 unspecified atom stereocenters. The Kier molecular flexibility index (Phi) is 5.71. The van der Waals surface area contributed by atoms with E-state index in [1.807, 2.05) is 74.5 Å². The van der Waals surface area contributed by atoms with Crippen molar-refractivity contribution in [1.82, 2.24) is 15.1 Å². The van der Waals surface area contributed by atoms with E-state index < -0.39 is 0 Å². The summed E-state index contributed by atoms with van der Waals surface area (Å²) in [5.41, 5.74) is 2.82. The van der Waals surface area contributed by atoms with Gasteiger partial charge in [-0.3, -0.25) is 4.79 Å². The molecule has 0 aliphatic rings. The molecule has 5 nitrogen and oxygen atoms in total. The molecule has 3 aromatic rings. The topological polar surface area (TPSA) is 59.0 Å². The predicted molar refractivity (Wildman–Crippen MR) is 105 cm³/mol. The van der Waals surface area contributed by atoms with E-state index in [0.29, 0.717) is 10.8 Å². The molecule has 2 N–H and O–H groups in total. The number of hydrogen-bond acceptors (Lipinski definition) is 3. The zero-order valence-electron chi connectivity index (χ0n) is 14.7. The van der Waals surface area contributed by atoms with Gasteiger partial charge in [0.15, 0.2) is 0 Å². The minimum Gasteiger partial charge on any atom is -0.309 e. The van der Waals surface area contributed by atoms with Crippen molar-refractivity contribution in [3.05, 3.63) is 76.9 Å². The normalized spacial score (nSPS) is 12.0. The molecule has 0 radical (unpaired) electrons. The number of nitrogens with zero attached hydrogens (tertiary/aromatic N) is 2. The first-order valence-electron chi connectivity index (χ1n) is 8.44. The molecular formula is C20H21ClN4O. The molecule has 1 atom stereocenters. The quantitative estimate of drug-likeness (QED) is 0.688. The van der Waals surface area contributed by atoms with Crippen LogP contribution in [0.2, 0.25) is 5.02 Å². The minimum atomic E-state index is -0.122. The van der Waals surface area contributed by atoms with Crippen LogP contribution in [0, 0.1) is 6.92 Å². The van der Waals surface area contributed by atoms with Gasteiger partial charge in [0.05, 0.1) is 17.9 Å². The Morgan fingerprint density at radius 1 is 1.15 bits per heavy atom. The number of aryl methyl sites for hydroxylation is 1. The third-order valence-corrected chi connectivity index (χ3v) is 4.29. The van der Waals surface area contributed by atoms with Crippen LogP contribution in [-0.2, 0) is 4.79 Å². The second-order valence-electron chi connectivity index (χ2n) is 6.12. The monoisotopic (exact) mass is 368 g/mol. The van der Waals surface area contributed by atoms with Gasteiger partial charge in [-0.25, -0.2) is 4.68 Å². The van der Waals surface area contributed by atoms with Crippen molar-refractivity contribution in [2.24, 2.45) is 0 Å². The summed E-state index contributed by atoms with van der Waals surface area (Å²) >= 11 is 5.91. The molecular weight excluding hydrogens is 348 g/mol. The van der Waals surface area contributed by atoms with Gasteiger partial charge >= 0.3 is 0 Å². The average molecular weight is 369 g/mol. The van der Waals surface area contributed by atoms with Gasteiger partial charge in [-0.2, -0.15) is 5.10 Å². The smallest absolute Gasteiger partial charge is 0.239 e. The maximum absolute atomic E-state index is 12.4. The van der Waals surface area contributed by atoms with Crippen molar-refractivity contribution in [2.45, 2.75) is 19.9 Å². The van der Waals surface area contributed by atoms with Crippen LogP contribution in [0.25, 0.3) is 5.69 Å². The maximum Gasteiger partial charge on any atom is 0.239 e. The summed E-state index contributed by atoms with van der Waals surface area (Å²) in [6.07, 6.45) is 0. The molecule has 3 rings (SSSR count). The van der Waals surface area contributed by atoms with Crippen LogP contribution in [-0.4, -0.2) is 22.2 Å². The van der Waals surface area contributed by atoms with E-state index in [4.69, 9.17) is 11.6 Å². The van der Waals surface area contributed by atoms with E-state index in [9.17, 15) is 4.79 Å². The Bertz CT molecular complexity index is 875. The number of carbonyl (C=O) groups is 1. The van der Waals surface area contributed by atoms with Crippen molar-refractivity contribution in [3.63, 3.8) is 0 Å². The first-order valence-corrected chi connectivity index (χ1v) is 8.81. The zero-order chi connectivity index (χ0) is 18.5. The molecule has 0 fully saturated rings. The summed E-state index contributed by atoms with van der Waals surface area (Å²) in [6, 6.07) is 19.2. The van der Waals surface area contributed by atoms with Crippen molar-refractivity contribution in [2.75, 3.05) is 11.9 Å². The molecule has 1 aromatic heterocycles. The number of rotatable bonds is 6. The fourth-order valence-corrected chi connectivity index (χ4v) is 2.78. The number of hydrogen-bond donors (Lipinski definition) is 2. The number of benzene rings is 2. The molecule has 2 aromatic carbocycles. The first kappa shape index (κ1) is 18.2. The van der Waals surface area contributed by atoms with Gasteiger partial charge in [0.2, 0.25) is 5.91 Å². The van der Waals surface area contributed by atoms with Crippen LogP contribution >= 0.6 is 11.6 Å². The maximum atomic E-state index is 12.4. The molecule has 1 amide bonds. The highest BCUT2D eigenvalue weighted by atomic mass is 35.5. The van der Waals surface area contributed by atoms with Crippen LogP contribution in [0.15, 0.2) is 60.7 Å². The fourth-order valence-electron chi connectivity index (χ4n) is 2.66. The molecule has 0 bridgehead atoms. The Morgan fingerprint density at radius 3 is 2.54 bits per heavy atom. The van der Waals surface area contributed by atoms with Gasteiger partial charge in [0, 0.05) is 17.1 Å². The summed E-state index contributed by atoms with van der Waals surface area (Å²) in [5, 5.41) is 11.3. The van der Waals surface area contributed by atoms with Gasteiger partial charge in [0.25, 0.3) is 0 Å². The van der Waals surface area contributed by atoms with Crippen LogP contribution in [0.4, 0.5) is 5.82 Å². The molecule has 0 aliphatic heterocycles. The van der Waals surface area contributed by atoms with Gasteiger partial charge in [-0.15, -0.1) is 0 Å². The largest absolute Gasteiger partial charge is 0.309 e. The second-order valence-corrected chi connectivity index (χ2v) is 6.56. The average Bonchev–Trinajstić information content (AvgIpc) is 3.01. The highest BCUT2D eigenvalue weighted by Gasteiger charge is 2.12. The van der Waals surface area contributed by atoms with Gasteiger partial charge in [-0.05, 0) is 43.7 Å². The van der Waals surface area contributed by atoms with Gasteiger partial charge in [0.1, 0.15) is 5.82 Å². The van der Waals surface area contributed by atoms with Crippen molar-refractivity contribution in [3.8, 4) is 5.69 Å². The lowest BCUT2D eigenvalue weighted by Crippen LogP contribution is -2.30. The molecule has 1 heterocycles. The Morgan fingerprint density at radius 2 is 1.85 bits per heavy atom. The highest BCUT2D eigenvalue weighted by molar-refractivity contribution is 6.30. The van der Waals surface area contributed by atoms with Gasteiger partial charge < -0.3 is 10.6 Å². The number of amides is 1. The van der Waals surface area contributed by atoms with E-state index in [0.717, 1.165) is 16.9 Å². The van der Waals surface area contributed by atoms with Gasteiger partial charge in [-0.1, -0.05) is 41.9 Å². The van der Waals surface area contributed by atoms with Crippen molar-refractivity contribution < 1.29 is 4.79 Å². The van der Waals surface area contributed by atoms with Crippen LogP contribution in [0.1, 0.15) is 24.2 Å². The summed E-state index contributed by atoms with van der Waals surface area (Å²) in [6.45, 7) is 4.10. The van der Waals surface area contributed by atoms with Crippen molar-refractivity contribution >= 4 is 23.3 Å². The Balaban J connectivity index is 1.63. The predicted octanol–water partition coefficient (Wildman–Crippen LogP) is 4.12. The fraction of sp³-hybridized carbons (Fsp3) is 0.200. The molecule has 0 aliphatic carbocycles. The summed E-state index contributed by atoms with van der Waals surface area (Å²) in [7, 11) is 0. The zero-order valence-corrected chi connectivity index (χ0v) is 15.5. The minimum absolute atomic E-state index is 0.0405. The number of halogens is 1. The van der Waals surface area contributed by atoms with Crippen LogP contribution in [0.5, 0.6) is 0 Å². The molecule has 134 valence electrons. The molecule has 0 saturated heterocycles. The summed E-state index contributed by atoms with van der Waals surface area (Å²) < 4.78 is 1.73. The Hall–Kier alpha value is -2.63. The van der Waals surface area contributed by atoms with E-state index in [1.54, 1.807) is 4.68 Å². The lowest BCUT2D eigenvalue weighted by atomic mass is 10.1. The molecule has 0 saturated carbocycles. The van der Waals surface area contributed by atoms with E-state index in [-0.39, 0.29) is 18.5 Å². The standard InChI is InChI=1S/C20H21ClN4O/c1-14-12-19(25(24-14)18-6-4-3-5-7-18)23-20(26)13-22-15(2)16-8-10-17(21)11-9-16/h3-12,15,22H,13H2,1-2H3,(H,23,26). The SMILES string of the molecule is Cc1cc(NC(=O)CNC(C)c2ccc(Cl)cc2)n(-c2ccccc2)n1. The third-order valence-electron chi connectivity index (χ3n) is 4.04. The van der Waals surface area contributed by atoms with Crippen molar-refractivity contribution in [1.29, 1.82) is 0 Å². The number of nitrogens with one attached hydrogen (secondary N) is 2. The lowest BCUT2D eigenvalue weighted by molar-refractivity contribution is -0.115. The van der Waals surface area contributed by atoms with E-state index in [1.165, 1.54) is 0 Å². The van der Waals surface area contributed by atoms with E-state index in [2.05, 4.69) is 15.7 Å². The number of anilines is 1. The number of carbonyl (C=O) groups excluding carboxylic acids is 1. The van der Waals surface area contributed by atoms with E-state index >= 15 is 0 Å². The molecule has 26 heavy (non-hydrogen) atoms. The first-order chi connectivity index (χ1) is 12.5. The number of aromatic nitrogens is 2.